The van der Waals surface area contributed by atoms with Gasteiger partial charge in [-0.25, -0.2) is 0 Å². The van der Waals surface area contributed by atoms with E-state index in [-0.39, 0.29) is 5.38 Å². The Morgan fingerprint density at radius 1 is 1.31 bits per heavy atom. The number of hydrogen-bond donors (Lipinski definition) is 0. The summed E-state index contributed by atoms with van der Waals surface area (Å²) in [5, 5.41) is 4.39. The lowest BCUT2D eigenvalue weighted by molar-refractivity contribution is 0.685. The lowest BCUT2D eigenvalue weighted by atomic mass is 10.2. The van der Waals surface area contributed by atoms with E-state index in [2.05, 4.69) is 24.2 Å². The van der Waals surface area contributed by atoms with E-state index in [1.807, 2.05) is 35.3 Å². The first-order valence-electron chi connectivity index (χ1n) is 5.50. The van der Waals surface area contributed by atoms with Gasteiger partial charge in [-0.3, -0.25) is 4.68 Å². The van der Waals surface area contributed by atoms with Gasteiger partial charge in [0.15, 0.2) is 0 Å². The highest BCUT2D eigenvalue weighted by atomic mass is 35.5. The molecular formula is C13H15ClN2. The molecule has 0 spiro atoms. The fourth-order valence-electron chi connectivity index (χ4n) is 1.63. The van der Waals surface area contributed by atoms with Crippen LogP contribution in [0, 0.1) is 0 Å². The van der Waals surface area contributed by atoms with Gasteiger partial charge in [0, 0.05) is 11.8 Å². The van der Waals surface area contributed by atoms with Crippen LogP contribution in [0.5, 0.6) is 0 Å². The summed E-state index contributed by atoms with van der Waals surface area (Å²) >= 11 is 6.15. The summed E-state index contributed by atoms with van der Waals surface area (Å²) in [5.41, 5.74) is 2.35. The molecule has 84 valence electrons. The molecule has 1 atom stereocenters. The van der Waals surface area contributed by atoms with Gasteiger partial charge >= 0.3 is 0 Å². The van der Waals surface area contributed by atoms with Gasteiger partial charge in [-0.1, -0.05) is 37.3 Å². The molecule has 0 aliphatic carbocycles. The molecule has 1 aromatic carbocycles. The molecular weight excluding hydrogens is 220 g/mol. The molecule has 3 heteroatoms. The fourth-order valence-corrected chi connectivity index (χ4v) is 1.75. The summed E-state index contributed by atoms with van der Waals surface area (Å²) in [6.07, 6.45) is 4.80. The van der Waals surface area contributed by atoms with Gasteiger partial charge in [-0.05, 0) is 12.0 Å². The van der Waals surface area contributed by atoms with Gasteiger partial charge < -0.3 is 0 Å². The van der Waals surface area contributed by atoms with Crippen molar-refractivity contribution in [1.82, 2.24) is 9.78 Å². The summed E-state index contributed by atoms with van der Waals surface area (Å²) in [7, 11) is 0. The third-order valence-corrected chi connectivity index (χ3v) is 3.12. The quantitative estimate of drug-likeness (QED) is 0.739. The Bertz CT molecular complexity index is 436. The van der Waals surface area contributed by atoms with E-state index in [1.165, 1.54) is 5.56 Å². The first-order valence-corrected chi connectivity index (χ1v) is 5.93. The van der Waals surface area contributed by atoms with Crippen LogP contribution in [0.4, 0.5) is 0 Å². The average Bonchev–Trinajstić information content (AvgIpc) is 2.78. The first-order chi connectivity index (χ1) is 7.79. The van der Waals surface area contributed by atoms with Crippen LogP contribution in [0.25, 0.3) is 0 Å². The fraction of sp³-hybridized carbons (Fsp3) is 0.308. The minimum absolute atomic E-state index is 0.0736. The smallest absolute Gasteiger partial charge is 0.0659 e. The van der Waals surface area contributed by atoms with Crippen molar-refractivity contribution in [1.29, 1.82) is 0 Å². The second kappa shape index (κ2) is 5.17. The number of aromatic nitrogens is 2. The zero-order valence-electron chi connectivity index (χ0n) is 9.31. The van der Waals surface area contributed by atoms with Gasteiger partial charge in [0.1, 0.15) is 0 Å². The largest absolute Gasteiger partial charge is 0.268 e. The van der Waals surface area contributed by atoms with Gasteiger partial charge in [-0.15, -0.1) is 11.6 Å². The van der Waals surface area contributed by atoms with Crippen molar-refractivity contribution in [3.63, 3.8) is 0 Å². The SMILES string of the molecule is CCC(Cl)c1cnn(Cc2ccccc2)c1. The number of nitrogens with zero attached hydrogens (tertiary/aromatic N) is 2. The predicted octanol–water partition coefficient (Wildman–Crippen LogP) is 3.62. The Morgan fingerprint density at radius 3 is 2.75 bits per heavy atom. The van der Waals surface area contributed by atoms with Gasteiger partial charge in [0.25, 0.3) is 0 Å². The molecule has 0 bridgehead atoms. The number of alkyl halides is 1. The molecule has 0 N–H and O–H groups in total. The van der Waals surface area contributed by atoms with Crippen LogP contribution in [-0.2, 0) is 6.54 Å². The lowest BCUT2D eigenvalue weighted by Gasteiger charge is -2.02. The van der Waals surface area contributed by atoms with Crippen LogP contribution in [-0.4, -0.2) is 9.78 Å². The Hall–Kier alpha value is -1.28. The number of halogens is 1. The van der Waals surface area contributed by atoms with Crippen LogP contribution in [0.15, 0.2) is 42.7 Å². The lowest BCUT2D eigenvalue weighted by Crippen LogP contribution is -1.99. The number of benzene rings is 1. The highest BCUT2D eigenvalue weighted by molar-refractivity contribution is 6.20. The van der Waals surface area contributed by atoms with Crippen molar-refractivity contribution in [2.75, 3.05) is 0 Å². The van der Waals surface area contributed by atoms with Gasteiger partial charge in [0.2, 0.25) is 0 Å². The summed E-state index contributed by atoms with van der Waals surface area (Å²) in [5.74, 6) is 0. The summed E-state index contributed by atoms with van der Waals surface area (Å²) < 4.78 is 1.93. The normalized spacial score (nSPS) is 12.6. The van der Waals surface area contributed by atoms with Crippen molar-refractivity contribution in [2.45, 2.75) is 25.3 Å². The van der Waals surface area contributed by atoms with Crippen molar-refractivity contribution in [3.05, 3.63) is 53.9 Å². The second-order valence-corrected chi connectivity index (χ2v) is 4.36. The maximum absolute atomic E-state index is 6.15. The molecule has 1 aromatic heterocycles. The minimum Gasteiger partial charge on any atom is -0.268 e. The van der Waals surface area contributed by atoms with Crippen molar-refractivity contribution < 1.29 is 0 Å². The number of rotatable bonds is 4. The first kappa shape index (κ1) is 11.2. The van der Waals surface area contributed by atoms with Gasteiger partial charge in [-0.2, -0.15) is 5.10 Å². The third kappa shape index (κ3) is 2.64. The van der Waals surface area contributed by atoms with Crippen molar-refractivity contribution >= 4 is 11.6 Å². The molecule has 2 aromatic rings. The van der Waals surface area contributed by atoms with Crippen molar-refractivity contribution in [3.8, 4) is 0 Å². The zero-order chi connectivity index (χ0) is 11.4. The molecule has 1 heterocycles. The molecule has 0 amide bonds. The minimum atomic E-state index is 0.0736. The third-order valence-electron chi connectivity index (χ3n) is 2.56. The Morgan fingerprint density at radius 2 is 2.06 bits per heavy atom. The molecule has 0 saturated carbocycles. The summed E-state index contributed by atoms with van der Waals surface area (Å²) in [6, 6.07) is 10.3. The molecule has 2 rings (SSSR count). The van der Waals surface area contributed by atoms with E-state index < -0.39 is 0 Å². The molecule has 2 nitrogen and oxygen atoms in total. The highest BCUT2D eigenvalue weighted by Gasteiger charge is 2.07. The van der Waals surface area contributed by atoms with E-state index in [4.69, 9.17) is 11.6 Å². The van der Waals surface area contributed by atoms with Crippen LogP contribution in [0.2, 0.25) is 0 Å². The van der Waals surface area contributed by atoms with E-state index >= 15 is 0 Å². The van der Waals surface area contributed by atoms with Crippen LogP contribution >= 0.6 is 11.6 Å². The molecule has 0 aliphatic heterocycles. The standard InChI is InChI=1S/C13H15ClN2/c1-2-13(14)12-8-15-16(10-12)9-11-6-4-3-5-7-11/h3-8,10,13H,2,9H2,1H3. The number of hydrogen-bond acceptors (Lipinski definition) is 1. The monoisotopic (exact) mass is 234 g/mol. The van der Waals surface area contributed by atoms with E-state index in [9.17, 15) is 0 Å². The Labute approximate surface area is 101 Å². The topological polar surface area (TPSA) is 17.8 Å². The van der Waals surface area contributed by atoms with Crippen molar-refractivity contribution in [2.24, 2.45) is 0 Å². The molecule has 0 fully saturated rings. The molecule has 0 radical (unpaired) electrons. The maximum Gasteiger partial charge on any atom is 0.0659 e. The molecule has 16 heavy (non-hydrogen) atoms. The molecule has 0 aliphatic rings. The van der Waals surface area contributed by atoms with Gasteiger partial charge in [0.05, 0.1) is 18.1 Å². The Balaban J connectivity index is 2.09. The summed E-state index contributed by atoms with van der Waals surface area (Å²) in [6.45, 7) is 2.88. The second-order valence-electron chi connectivity index (χ2n) is 3.83. The average molecular weight is 235 g/mol. The molecule has 1 unspecified atom stereocenters. The van der Waals surface area contributed by atoms with Crippen LogP contribution in [0.3, 0.4) is 0 Å². The van der Waals surface area contributed by atoms with E-state index in [1.54, 1.807) is 0 Å². The highest BCUT2D eigenvalue weighted by Crippen LogP contribution is 2.22. The van der Waals surface area contributed by atoms with Crippen LogP contribution < -0.4 is 0 Å². The van der Waals surface area contributed by atoms with E-state index in [0.717, 1.165) is 18.5 Å². The van der Waals surface area contributed by atoms with Crippen LogP contribution in [0.1, 0.15) is 29.8 Å². The van der Waals surface area contributed by atoms with E-state index in [0.29, 0.717) is 0 Å². The summed E-state index contributed by atoms with van der Waals surface area (Å²) in [4.78, 5) is 0. The maximum atomic E-state index is 6.15. The predicted molar refractivity (Wildman–Crippen MR) is 66.7 cm³/mol. The Kier molecular flexibility index (Phi) is 3.62. The molecule has 0 saturated heterocycles. The zero-order valence-corrected chi connectivity index (χ0v) is 10.1.